The van der Waals surface area contributed by atoms with Gasteiger partial charge >= 0.3 is 0 Å². The van der Waals surface area contributed by atoms with E-state index in [-0.39, 0.29) is 11.7 Å². The molecule has 0 radical (unpaired) electrons. The average Bonchev–Trinajstić information content (AvgIpc) is 2.97. The van der Waals surface area contributed by atoms with Gasteiger partial charge in [0.1, 0.15) is 11.4 Å². The molecule has 0 saturated heterocycles. The van der Waals surface area contributed by atoms with Crippen LogP contribution in [-0.2, 0) is 6.42 Å². The number of nitrogens with zero attached hydrogens (tertiary/aromatic N) is 1. The first-order valence-electron chi connectivity index (χ1n) is 6.79. The second kappa shape index (κ2) is 6.41. The van der Waals surface area contributed by atoms with Gasteiger partial charge in [-0.05, 0) is 17.7 Å². The maximum absolute atomic E-state index is 12.1. The summed E-state index contributed by atoms with van der Waals surface area (Å²) >= 11 is 1.47. The van der Waals surface area contributed by atoms with Crippen LogP contribution in [-0.4, -0.2) is 16.0 Å². The number of aromatic nitrogens is 1. The minimum absolute atomic E-state index is 0.112. The van der Waals surface area contributed by atoms with E-state index in [0.29, 0.717) is 17.8 Å². The Hall–Kier alpha value is -2.66. The van der Waals surface area contributed by atoms with Crippen molar-refractivity contribution in [3.63, 3.8) is 0 Å². The molecule has 1 amide bonds. The van der Waals surface area contributed by atoms with E-state index in [0.717, 1.165) is 10.6 Å². The highest BCUT2D eigenvalue weighted by molar-refractivity contribution is 7.09. The topological polar surface area (TPSA) is 62.2 Å². The summed E-state index contributed by atoms with van der Waals surface area (Å²) in [4.78, 5) is 16.5. The molecule has 3 aromatic rings. The zero-order valence-electron chi connectivity index (χ0n) is 11.7. The van der Waals surface area contributed by atoms with Gasteiger partial charge < -0.3 is 10.4 Å². The first kappa shape index (κ1) is 14.3. The fraction of sp³-hybridized carbons (Fsp3) is 0.0588. The number of carbonyl (C=O) groups is 1. The second-order valence-corrected chi connectivity index (χ2v) is 5.74. The number of amides is 1. The number of thiazole rings is 1. The summed E-state index contributed by atoms with van der Waals surface area (Å²) in [6.07, 6.45) is 0.713. The molecule has 0 saturated carbocycles. The summed E-state index contributed by atoms with van der Waals surface area (Å²) in [6.45, 7) is 0. The number of benzene rings is 2. The standard InChI is InChI=1S/C17H14N2O2S/c20-14-8-4-7-13(10-14)18-17(21)15-11-22-16(19-15)9-12-5-2-1-3-6-12/h1-8,10-11,20H,9H2,(H,18,21). The number of hydrogen-bond donors (Lipinski definition) is 2. The monoisotopic (exact) mass is 310 g/mol. The molecule has 0 aliphatic carbocycles. The van der Waals surface area contributed by atoms with Crippen LogP contribution < -0.4 is 5.32 Å². The summed E-state index contributed by atoms with van der Waals surface area (Å²) in [5.74, 6) is -0.165. The van der Waals surface area contributed by atoms with Gasteiger partial charge in [0.2, 0.25) is 0 Å². The maximum atomic E-state index is 12.1. The lowest BCUT2D eigenvalue weighted by Gasteiger charge is -2.03. The number of aromatic hydroxyl groups is 1. The normalized spacial score (nSPS) is 10.4. The van der Waals surface area contributed by atoms with Crippen molar-refractivity contribution in [2.75, 3.05) is 5.32 Å². The van der Waals surface area contributed by atoms with E-state index in [1.54, 1.807) is 23.6 Å². The molecule has 1 heterocycles. The Morgan fingerprint density at radius 2 is 1.95 bits per heavy atom. The Morgan fingerprint density at radius 1 is 1.14 bits per heavy atom. The third-order valence-electron chi connectivity index (χ3n) is 3.09. The molecule has 1 aromatic heterocycles. The van der Waals surface area contributed by atoms with E-state index in [1.165, 1.54) is 17.4 Å². The van der Waals surface area contributed by atoms with Gasteiger partial charge in [-0.25, -0.2) is 4.98 Å². The SMILES string of the molecule is O=C(Nc1cccc(O)c1)c1csc(Cc2ccccc2)n1. The minimum Gasteiger partial charge on any atom is -0.508 e. The Labute approximate surface area is 132 Å². The molecule has 0 fully saturated rings. The number of phenolic OH excluding ortho intramolecular Hbond substituents is 1. The van der Waals surface area contributed by atoms with E-state index in [4.69, 9.17) is 0 Å². The fourth-order valence-corrected chi connectivity index (χ4v) is 2.85. The third-order valence-corrected chi connectivity index (χ3v) is 3.94. The molecular formula is C17H14N2O2S. The zero-order valence-corrected chi connectivity index (χ0v) is 12.5. The number of phenols is 1. The van der Waals surface area contributed by atoms with Crippen LogP contribution in [0.15, 0.2) is 60.0 Å². The number of rotatable bonds is 4. The molecule has 3 rings (SSSR count). The predicted molar refractivity (Wildman–Crippen MR) is 87.4 cm³/mol. The molecule has 0 spiro atoms. The molecule has 0 aliphatic heterocycles. The first-order chi connectivity index (χ1) is 10.7. The van der Waals surface area contributed by atoms with E-state index < -0.39 is 0 Å². The molecule has 0 bridgehead atoms. The van der Waals surface area contributed by atoms with Crippen molar-refractivity contribution in [1.82, 2.24) is 4.98 Å². The van der Waals surface area contributed by atoms with Gasteiger partial charge in [-0.2, -0.15) is 0 Å². The van der Waals surface area contributed by atoms with Crippen molar-refractivity contribution in [1.29, 1.82) is 0 Å². The Balaban J connectivity index is 1.69. The second-order valence-electron chi connectivity index (χ2n) is 4.79. The lowest BCUT2D eigenvalue weighted by atomic mass is 10.2. The third kappa shape index (κ3) is 3.51. The van der Waals surface area contributed by atoms with E-state index in [1.807, 2.05) is 30.3 Å². The Bertz CT molecular complexity index is 784. The smallest absolute Gasteiger partial charge is 0.275 e. The summed E-state index contributed by atoms with van der Waals surface area (Å²) in [7, 11) is 0. The molecule has 110 valence electrons. The molecule has 0 atom stereocenters. The van der Waals surface area contributed by atoms with Gasteiger partial charge in [-0.15, -0.1) is 11.3 Å². The minimum atomic E-state index is -0.277. The number of hydrogen-bond acceptors (Lipinski definition) is 4. The highest BCUT2D eigenvalue weighted by Gasteiger charge is 2.11. The quantitative estimate of drug-likeness (QED) is 0.772. The molecular weight excluding hydrogens is 296 g/mol. The van der Waals surface area contributed by atoms with Gasteiger partial charge in [0.15, 0.2) is 0 Å². The largest absolute Gasteiger partial charge is 0.508 e. The van der Waals surface area contributed by atoms with E-state index in [9.17, 15) is 9.90 Å². The number of carbonyl (C=O) groups excluding carboxylic acids is 1. The lowest BCUT2D eigenvalue weighted by Crippen LogP contribution is -2.12. The van der Waals surface area contributed by atoms with E-state index in [2.05, 4.69) is 10.3 Å². The lowest BCUT2D eigenvalue weighted by molar-refractivity contribution is 0.102. The van der Waals surface area contributed by atoms with Crippen molar-refractivity contribution < 1.29 is 9.90 Å². The summed E-state index contributed by atoms with van der Waals surface area (Å²) in [5.41, 5.74) is 2.10. The summed E-state index contributed by atoms with van der Waals surface area (Å²) in [6, 6.07) is 16.4. The van der Waals surface area contributed by atoms with Gasteiger partial charge in [-0.3, -0.25) is 4.79 Å². The van der Waals surface area contributed by atoms with Crippen LogP contribution in [0.4, 0.5) is 5.69 Å². The van der Waals surface area contributed by atoms with Crippen LogP contribution >= 0.6 is 11.3 Å². The van der Waals surface area contributed by atoms with Crippen LogP contribution in [0.25, 0.3) is 0 Å². The van der Waals surface area contributed by atoms with E-state index >= 15 is 0 Å². The van der Waals surface area contributed by atoms with Crippen LogP contribution in [0.3, 0.4) is 0 Å². The fourth-order valence-electron chi connectivity index (χ4n) is 2.05. The molecule has 5 heteroatoms. The highest BCUT2D eigenvalue weighted by Crippen LogP contribution is 2.18. The molecule has 2 aromatic carbocycles. The van der Waals surface area contributed by atoms with Crippen LogP contribution in [0.1, 0.15) is 21.1 Å². The first-order valence-corrected chi connectivity index (χ1v) is 7.67. The summed E-state index contributed by atoms with van der Waals surface area (Å²) in [5, 5.41) is 14.8. The number of anilines is 1. The molecule has 0 unspecified atom stereocenters. The van der Waals surface area contributed by atoms with Crippen LogP contribution in [0, 0.1) is 0 Å². The zero-order chi connectivity index (χ0) is 15.4. The Kier molecular flexibility index (Phi) is 4.16. The highest BCUT2D eigenvalue weighted by atomic mass is 32.1. The van der Waals surface area contributed by atoms with Gasteiger partial charge in [0, 0.05) is 23.6 Å². The molecule has 0 aliphatic rings. The number of nitrogens with one attached hydrogen (secondary N) is 1. The van der Waals surface area contributed by atoms with Gasteiger partial charge in [-0.1, -0.05) is 36.4 Å². The van der Waals surface area contributed by atoms with Crippen molar-refractivity contribution >= 4 is 22.9 Å². The Morgan fingerprint density at radius 3 is 2.73 bits per heavy atom. The van der Waals surface area contributed by atoms with Crippen molar-refractivity contribution in [2.45, 2.75) is 6.42 Å². The van der Waals surface area contributed by atoms with Crippen LogP contribution in [0.2, 0.25) is 0 Å². The van der Waals surface area contributed by atoms with Crippen molar-refractivity contribution in [2.24, 2.45) is 0 Å². The average molecular weight is 310 g/mol. The van der Waals surface area contributed by atoms with Crippen LogP contribution in [0.5, 0.6) is 5.75 Å². The van der Waals surface area contributed by atoms with Crippen molar-refractivity contribution in [3.8, 4) is 5.75 Å². The summed E-state index contributed by atoms with van der Waals surface area (Å²) < 4.78 is 0. The van der Waals surface area contributed by atoms with Gasteiger partial charge in [0.05, 0.1) is 5.01 Å². The van der Waals surface area contributed by atoms with Crippen molar-refractivity contribution in [3.05, 3.63) is 76.2 Å². The molecule has 22 heavy (non-hydrogen) atoms. The predicted octanol–water partition coefficient (Wildman–Crippen LogP) is 3.69. The van der Waals surface area contributed by atoms with Gasteiger partial charge in [0.25, 0.3) is 5.91 Å². The molecule has 2 N–H and O–H groups in total. The molecule has 4 nitrogen and oxygen atoms in total. The maximum Gasteiger partial charge on any atom is 0.275 e.